The average Bonchev–Trinajstić information content (AvgIpc) is 3.30. The summed E-state index contributed by atoms with van der Waals surface area (Å²) in [5, 5.41) is 23.5. The molecule has 1 aromatic heterocycles. The number of hydrazone groups is 1. The quantitative estimate of drug-likeness (QED) is 0.119. The van der Waals surface area contributed by atoms with Gasteiger partial charge in [0.1, 0.15) is 5.69 Å². The summed E-state index contributed by atoms with van der Waals surface area (Å²) in [6.07, 6.45) is 1.36. The lowest BCUT2D eigenvalue weighted by molar-refractivity contribution is -0.625. The molecule has 4 rings (SSSR count). The normalized spacial score (nSPS) is 11.1. The van der Waals surface area contributed by atoms with Gasteiger partial charge in [-0.25, -0.2) is 5.43 Å². The van der Waals surface area contributed by atoms with Crippen molar-refractivity contribution in [3.05, 3.63) is 82.3 Å². The van der Waals surface area contributed by atoms with Crippen molar-refractivity contribution < 1.29 is 19.2 Å². The van der Waals surface area contributed by atoms with Crippen LogP contribution in [0.4, 0.5) is 0 Å². The molecule has 4 aromatic rings. The van der Waals surface area contributed by atoms with Gasteiger partial charge in [0.25, 0.3) is 11.7 Å². The number of ether oxygens (including phenoxy) is 1. The lowest BCUT2D eigenvalue weighted by atomic mass is 10.2. The first-order valence-corrected chi connectivity index (χ1v) is 12.6. The smallest absolute Gasteiger partial charge is 0.342 e. The van der Waals surface area contributed by atoms with Crippen molar-refractivity contribution in [1.82, 2.24) is 15.6 Å². The van der Waals surface area contributed by atoms with Crippen LogP contribution < -0.4 is 14.7 Å². The van der Waals surface area contributed by atoms with Gasteiger partial charge in [0.2, 0.25) is 0 Å². The third-order valence-electron chi connectivity index (χ3n) is 4.93. The Morgan fingerprint density at radius 1 is 1.14 bits per heavy atom. The minimum absolute atomic E-state index is 0.0398. The summed E-state index contributed by atoms with van der Waals surface area (Å²) in [6.45, 7) is 2.25. The third-order valence-corrected chi connectivity index (χ3v) is 6.37. The van der Waals surface area contributed by atoms with Crippen molar-refractivity contribution in [3.8, 4) is 28.6 Å². The number of H-pyrrole nitrogens is 1. The Morgan fingerprint density at radius 3 is 2.53 bits per heavy atom. The molecule has 0 bridgehead atoms. The van der Waals surface area contributed by atoms with Crippen molar-refractivity contribution in [1.29, 1.82) is 0 Å². The van der Waals surface area contributed by atoms with Gasteiger partial charge in [-0.15, -0.1) is 5.10 Å². The number of para-hydroxylation sites is 1. The number of phenolic OH excluding ortho intramolecular Hbond substituents is 1. The van der Waals surface area contributed by atoms with E-state index in [4.69, 9.17) is 27.9 Å². The molecule has 36 heavy (non-hydrogen) atoms. The number of thioether (sulfide) groups is 1. The van der Waals surface area contributed by atoms with Crippen LogP contribution in [0.15, 0.2) is 77.0 Å². The molecule has 0 fully saturated rings. The number of benzene rings is 3. The van der Waals surface area contributed by atoms with Gasteiger partial charge in [0, 0.05) is 15.6 Å². The predicted molar refractivity (Wildman–Crippen MR) is 141 cm³/mol. The van der Waals surface area contributed by atoms with Crippen molar-refractivity contribution >= 4 is 47.1 Å². The lowest BCUT2D eigenvalue weighted by Crippen LogP contribution is -2.34. The molecule has 1 heterocycles. The predicted octanol–water partition coefficient (Wildman–Crippen LogP) is 5.01. The van der Waals surface area contributed by atoms with Crippen LogP contribution in [0.3, 0.4) is 0 Å². The molecular weight excluding hydrogens is 521 g/mol. The molecule has 11 heteroatoms. The summed E-state index contributed by atoms with van der Waals surface area (Å²) in [7, 11) is 0. The third kappa shape index (κ3) is 6.17. The molecule has 0 unspecified atom stereocenters. The first kappa shape index (κ1) is 25.6. The fraction of sp³-hybridized carbons (Fsp3) is 0.120. The zero-order chi connectivity index (χ0) is 25.5. The summed E-state index contributed by atoms with van der Waals surface area (Å²) >= 11 is 13.4. The Hall–Kier alpha value is -3.53. The summed E-state index contributed by atoms with van der Waals surface area (Å²) in [5.41, 5.74) is 4.59. The summed E-state index contributed by atoms with van der Waals surface area (Å²) < 4.78 is 7.26. The molecule has 184 valence electrons. The number of phenols is 1. The van der Waals surface area contributed by atoms with Gasteiger partial charge in [-0.3, -0.25) is 4.79 Å². The number of aromatic hydroxyl groups is 1. The van der Waals surface area contributed by atoms with E-state index in [1.165, 1.54) is 18.0 Å². The number of nitrogens with zero attached hydrogens (tertiary/aromatic N) is 3. The van der Waals surface area contributed by atoms with E-state index in [2.05, 4.69) is 20.7 Å². The minimum Gasteiger partial charge on any atom is -0.504 e. The van der Waals surface area contributed by atoms with Crippen LogP contribution in [-0.2, 0) is 4.79 Å². The van der Waals surface area contributed by atoms with Gasteiger partial charge in [-0.1, -0.05) is 29.3 Å². The SMILES string of the molecule is CCOc1cccc(/C=N/NC(=O)CSc2n[nH]c(-c3ccc(Cl)cc3)[n+]2-c2ccc(Cl)cc2)c1O. The van der Waals surface area contributed by atoms with E-state index in [0.717, 1.165) is 17.1 Å². The van der Waals surface area contributed by atoms with Gasteiger partial charge < -0.3 is 9.84 Å². The molecule has 0 aliphatic heterocycles. The molecule has 0 spiro atoms. The molecule has 1 amide bonds. The van der Waals surface area contributed by atoms with Crippen molar-refractivity contribution in [2.45, 2.75) is 12.1 Å². The summed E-state index contributed by atoms with van der Waals surface area (Å²) in [4.78, 5) is 12.5. The number of aromatic nitrogens is 3. The van der Waals surface area contributed by atoms with E-state index >= 15 is 0 Å². The summed E-state index contributed by atoms with van der Waals surface area (Å²) in [6, 6.07) is 19.7. The topological polar surface area (TPSA) is 103 Å². The van der Waals surface area contributed by atoms with E-state index in [-0.39, 0.29) is 17.4 Å². The molecule has 0 atom stereocenters. The maximum absolute atomic E-state index is 12.5. The van der Waals surface area contributed by atoms with Crippen molar-refractivity contribution in [2.75, 3.05) is 12.4 Å². The molecule has 3 aromatic carbocycles. The number of rotatable bonds is 9. The van der Waals surface area contributed by atoms with Gasteiger partial charge in [-0.05, 0) is 79.3 Å². The molecule has 0 saturated heterocycles. The molecule has 0 radical (unpaired) electrons. The Kier molecular flexibility index (Phi) is 8.48. The molecule has 0 saturated carbocycles. The molecule has 3 N–H and O–H groups in total. The highest BCUT2D eigenvalue weighted by atomic mass is 35.5. The van der Waals surface area contributed by atoms with Crippen LogP contribution in [-0.4, -0.2) is 39.8 Å². The Morgan fingerprint density at radius 2 is 1.83 bits per heavy atom. The van der Waals surface area contributed by atoms with E-state index < -0.39 is 0 Å². The number of halogens is 2. The average molecular weight is 543 g/mol. The van der Waals surface area contributed by atoms with Crippen LogP contribution in [0.5, 0.6) is 11.5 Å². The number of carbonyl (C=O) groups excluding carboxylic acids is 1. The second kappa shape index (κ2) is 11.9. The second-order valence-corrected chi connectivity index (χ2v) is 9.20. The highest BCUT2D eigenvalue weighted by Crippen LogP contribution is 2.28. The molecule has 0 aliphatic carbocycles. The molecule has 8 nitrogen and oxygen atoms in total. The van der Waals surface area contributed by atoms with Crippen LogP contribution in [0.2, 0.25) is 10.0 Å². The highest BCUT2D eigenvalue weighted by Gasteiger charge is 2.24. The maximum Gasteiger partial charge on any atom is 0.342 e. The standard InChI is InChI=1S/C25H21Cl2N5O3S/c1-2-35-21-5-3-4-17(23(21)34)14-28-29-22(33)15-36-25-31-30-24(16-6-8-18(26)9-7-16)32(25)20-12-10-19(27)11-13-20/h3-14H,2,15H2,1H3,(H2,28,29,33,34)/p+1. The van der Waals surface area contributed by atoms with Crippen molar-refractivity contribution in [3.63, 3.8) is 0 Å². The highest BCUT2D eigenvalue weighted by molar-refractivity contribution is 7.99. The maximum atomic E-state index is 12.5. The summed E-state index contributed by atoms with van der Waals surface area (Å²) in [5.74, 6) is 0.753. The van der Waals surface area contributed by atoms with E-state index in [1.807, 2.05) is 35.8 Å². The number of aromatic amines is 1. The fourth-order valence-electron chi connectivity index (χ4n) is 3.28. The zero-order valence-electron chi connectivity index (χ0n) is 19.1. The number of hydrogen-bond acceptors (Lipinski definition) is 6. The van der Waals surface area contributed by atoms with Gasteiger partial charge >= 0.3 is 5.16 Å². The van der Waals surface area contributed by atoms with Crippen LogP contribution >= 0.6 is 35.0 Å². The minimum atomic E-state index is -0.338. The van der Waals surface area contributed by atoms with Crippen LogP contribution in [0.25, 0.3) is 17.1 Å². The van der Waals surface area contributed by atoms with Crippen LogP contribution in [0.1, 0.15) is 12.5 Å². The second-order valence-electron chi connectivity index (χ2n) is 7.38. The van der Waals surface area contributed by atoms with Crippen molar-refractivity contribution in [2.24, 2.45) is 5.10 Å². The fourth-order valence-corrected chi connectivity index (χ4v) is 4.29. The number of carbonyl (C=O) groups is 1. The Balaban J connectivity index is 1.49. The van der Waals surface area contributed by atoms with E-state index in [0.29, 0.717) is 33.1 Å². The van der Waals surface area contributed by atoms with Gasteiger partial charge in [0.05, 0.1) is 29.2 Å². The molecular formula is C25H22Cl2N5O3S+. The van der Waals surface area contributed by atoms with E-state index in [9.17, 15) is 9.90 Å². The van der Waals surface area contributed by atoms with Gasteiger partial charge in [-0.2, -0.15) is 9.67 Å². The Labute approximate surface area is 221 Å². The zero-order valence-corrected chi connectivity index (χ0v) is 21.4. The number of hydrogen-bond donors (Lipinski definition) is 3. The Bertz CT molecular complexity index is 1380. The molecule has 0 aliphatic rings. The number of nitrogens with one attached hydrogen (secondary N) is 2. The first-order valence-electron chi connectivity index (χ1n) is 10.9. The van der Waals surface area contributed by atoms with Crippen LogP contribution in [0, 0.1) is 0 Å². The van der Waals surface area contributed by atoms with Gasteiger partial charge in [0.15, 0.2) is 11.5 Å². The lowest BCUT2D eigenvalue weighted by Gasteiger charge is -2.07. The van der Waals surface area contributed by atoms with E-state index in [1.54, 1.807) is 42.5 Å². The number of amides is 1. The monoisotopic (exact) mass is 542 g/mol. The largest absolute Gasteiger partial charge is 0.504 e. The first-order chi connectivity index (χ1) is 17.5.